The fraction of sp³-hybridized carbons (Fsp3) is 0.0500. The van der Waals surface area contributed by atoms with Gasteiger partial charge in [-0.1, -0.05) is 53.5 Å². The zero-order chi connectivity index (χ0) is 23.5. The van der Waals surface area contributed by atoms with Crippen molar-refractivity contribution in [1.82, 2.24) is 0 Å². The molecule has 0 aliphatic heterocycles. The number of carbonyl (C=O) groups excluding carboxylic acids is 1. The molecule has 0 saturated carbocycles. The Labute approximate surface area is 191 Å². The molecular formula is C20H14Cl2F3N3O3S. The fourth-order valence-corrected chi connectivity index (χ4v) is 4.14. The van der Waals surface area contributed by atoms with Crippen molar-refractivity contribution in [2.45, 2.75) is 11.1 Å². The Balaban J connectivity index is 1.97. The Hall–Kier alpha value is -2.95. The van der Waals surface area contributed by atoms with E-state index < -0.39 is 39.2 Å². The van der Waals surface area contributed by atoms with Gasteiger partial charge in [0.15, 0.2) is 0 Å². The third-order valence-electron chi connectivity index (χ3n) is 4.11. The van der Waals surface area contributed by atoms with Crippen LogP contribution in [-0.2, 0) is 16.2 Å². The van der Waals surface area contributed by atoms with E-state index in [1.54, 1.807) is 6.07 Å². The lowest BCUT2D eigenvalue weighted by atomic mass is 10.1. The molecule has 12 heteroatoms. The molecule has 0 saturated heterocycles. The van der Waals surface area contributed by atoms with Crippen LogP contribution in [0.5, 0.6) is 0 Å². The molecule has 3 N–H and O–H groups in total. The van der Waals surface area contributed by atoms with Crippen LogP contribution < -0.4 is 15.4 Å². The summed E-state index contributed by atoms with van der Waals surface area (Å²) in [5.41, 5.74) is -2.43. The van der Waals surface area contributed by atoms with Gasteiger partial charge in [0.1, 0.15) is 0 Å². The monoisotopic (exact) mass is 503 g/mol. The highest BCUT2D eigenvalue weighted by Crippen LogP contribution is 2.40. The SMILES string of the molecule is O=C(Nc1cccc(Cl)c1Cl)Nc1cccc(C(F)(F)F)c1NS(=O)(=O)c1ccccc1. The van der Waals surface area contributed by atoms with Gasteiger partial charge in [-0.25, -0.2) is 13.2 Å². The van der Waals surface area contributed by atoms with Crippen LogP contribution in [0.1, 0.15) is 5.56 Å². The Morgan fingerprint density at radius 2 is 1.41 bits per heavy atom. The first-order valence-corrected chi connectivity index (χ1v) is 11.0. The van der Waals surface area contributed by atoms with Crippen molar-refractivity contribution in [3.8, 4) is 0 Å². The van der Waals surface area contributed by atoms with Gasteiger partial charge in [-0.15, -0.1) is 0 Å². The lowest BCUT2D eigenvalue weighted by Gasteiger charge is -2.19. The van der Waals surface area contributed by atoms with E-state index in [-0.39, 0.29) is 20.6 Å². The first-order valence-electron chi connectivity index (χ1n) is 8.79. The van der Waals surface area contributed by atoms with Crippen molar-refractivity contribution in [3.05, 3.63) is 82.3 Å². The third kappa shape index (κ3) is 5.45. The minimum atomic E-state index is -4.90. The number of alkyl halides is 3. The molecule has 0 bridgehead atoms. The van der Waals surface area contributed by atoms with Crippen molar-refractivity contribution >= 4 is 56.3 Å². The number of anilines is 3. The predicted octanol–water partition coefficient (Wildman–Crippen LogP) is 6.46. The molecule has 0 aliphatic rings. The molecule has 0 heterocycles. The van der Waals surface area contributed by atoms with E-state index >= 15 is 0 Å². The van der Waals surface area contributed by atoms with Crippen LogP contribution >= 0.6 is 23.2 Å². The fourth-order valence-electron chi connectivity index (χ4n) is 2.67. The van der Waals surface area contributed by atoms with Gasteiger partial charge in [0.05, 0.1) is 37.6 Å². The van der Waals surface area contributed by atoms with Gasteiger partial charge in [0, 0.05) is 0 Å². The van der Waals surface area contributed by atoms with E-state index in [2.05, 4.69) is 10.6 Å². The summed E-state index contributed by atoms with van der Waals surface area (Å²) in [7, 11) is -4.39. The van der Waals surface area contributed by atoms with E-state index in [9.17, 15) is 26.4 Å². The van der Waals surface area contributed by atoms with Crippen LogP contribution in [0, 0.1) is 0 Å². The molecule has 0 fully saturated rings. The Morgan fingerprint density at radius 3 is 2.06 bits per heavy atom. The molecule has 0 radical (unpaired) electrons. The maximum Gasteiger partial charge on any atom is 0.418 e. The standard InChI is InChI=1S/C20H14Cl2F3N3O3S/c21-14-9-5-10-15(17(14)22)26-19(29)27-16-11-4-8-13(20(23,24)25)18(16)28-32(30,31)12-6-2-1-3-7-12/h1-11,28H,(H2,26,27,29). The predicted molar refractivity (Wildman–Crippen MR) is 118 cm³/mol. The van der Waals surface area contributed by atoms with Crippen LogP contribution in [0.3, 0.4) is 0 Å². The van der Waals surface area contributed by atoms with Crippen LogP contribution in [0.4, 0.5) is 35.0 Å². The first kappa shape index (κ1) is 23.7. The van der Waals surface area contributed by atoms with Crippen molar-refractivity contribution in [2.24, 2.45) is 0 Å². The summed E-state index contributed by atoms with van der Waals surface area (Å²) in [4.78, 5) is 12.2. The molecule has 3 aromatic carbocycles. The summed E-state index contributed by atoms with van der Waals surface area (Å²) in [6.07, 6.45) is -4.90. The number of carbonyl (C=O) groups is 1. The number of para-hydroxylation sites is 1. The summed E-state index contributed by atoms with van der Waals surface area (Å²) in [6.45, 7) is 0. The molecule has 0 aliphatic carbocycles. The number of benzene rings is 3. The lowest BCUT2D eigenvalue weighted by molar-refractivity contribution is -0.136. The molecule has 0 atom stereocenters. The summed E-state index contributed by atoms with van der Waals surface area (Å²) >= 11 is 11.9. The zero-order valence-electron chi connectivity index (χ0n) is 15.9. The van der Waals surface area contributed by atoms with E-state index in [1.165, 1.54) is 42.5 Å². The first-order chi connectivity index (χ1) is 15.0. The van der Waals surface area contributed by atoms with Crippen molar-refractivity contribution < 1.29 is 26.4 Å². The van der Waals surface area contributed by atoms with Crippen LogP contribution in [0.2, 0.25) is 10.0 Å². The van der Waals surface area contributed by atoms with Gasteiger partial charge in [0.25, 0.3) is 10.0 Å². The zero-order valence-corrected chi connectivity index (χ0v) is 18.2. The molecule has 0 spiro atoms. The average molecular weight is 504 g/mol. The molecule has 0 aromatic heterocycles. The van der Waals surface area contributed by atoms with Gasteiger partial charge in [-0.3, -0.25) is 4.72 Å². The number of amides is 2. The number of halogens is 5. The number of hydrogen-bond acceptors (Lipinski definition) is 3. The normalized spacial score (nSPS) is 11.7. The quantitative estimate of drug-likeness (QED) is 0.373. The smallest absolute Gasteiger partial charge is 0.306 e. The maximum absolute atomic E-state index is 13.6. The lowest BCUT2D eigenvalue weighted by Crippen LogP contribution is -2.23. The van der Waals surface area contributed by atoms with Crippen LogP contribution in [0.25, 0.3) is 0 Å². The molecular weight excluding hydrogens is 490 g/mol. The number of urea groups is 1. The highest BCUT2D eigenvalue weighted by Gasteiger charge is 2.36. The number of nitrogens with one attached hydrogen (secondary N) is 3. The van der Waals surface area contributed by atoms with Crippen molar-refractivity contribution in [1.29, 1.82) is 0 Å². The number of hydrogen-bond donors (Lipinski definition) is 3. The second kappa shape index (κ2) is 9.27. The molecule has 3 aromatic rings. The van der Waals surface area contributed by atoms with Gasteiger partial charge in [-0.2, -0.15) is 13.2 Å². The van der Waals surface area contributed by atoms with Gasteiger partial charge in [0.2, 0.25) is 0 Å². The maximum atomic E-state index is 13.6. The highest BCUT2D eigenvalue weighted by molar-refractivity contribution is 7.92. The average Bonchev–Trinajstić information content (AvgIpc) is 2.72. The Kier molecular flexibility index (Phi) is 6.87. The summed E-state index contributed by atoms with van der Waals surface area (Å²) in [6, 6.07) is 13.1. The summed E-state index contributed by atoms with van der Waals surface area (Å²) in [5.74, 6) is 0. The largest absolute Gasteiger partial charge is 0.418 e. The van der Waals surface area contributed by atoms with Gasteiger partial charge in [-0.05, 0) is 36.4 Å². The highest BCUT2D eigenvalue weighted by atomic mass is 35.5. The molecule has 2 amide bonds. The molecule has 6 nitrogen and oxygen atoms in total. The Morgan fingerprint density at radius 1 is 0.812 bits per heavy atom. The summed E-state index contributed by atoms with van der Waals surface area (Å²) < 4.78 is 68.0. The number of rotatable bonds is 5. The minimum absolute atomic E-state index is 0.0263. The van der Waals surface area contributed by atoms with Gasteiger partial charge < -0.3 is 10.6 Å². The second-order valence-corrected chi connectivity index (χ2v) is 8.79. The number of sulfonamides is 1. The van der Waals surface area contributed by atoms with Crippen molar-refractivity contribution in [2.75, 3.05) is 15.4 Å². The summed E-state index contributed by atoms with van der Waals surface area (Å²) in [5, 5.41) is 4.75. The van der Waals surface area contributed by atoms with E-state index in [0.29, 0.717) is 6.07 Å². The third-order valence-corrected chi connectivity index (χ3v) is 6.29. The Bertz CT molecular complexity index is 1250. The minimum Gasteiger partial charge on any atom is -0.306 e. The van der Waals surface area contributed by atoms with E-state index in [1.807, 2.05) is 4.72 Å². The molecule has 0 unspecified atom stereocenters. The van der Waals surface area contributed by atoms with E-state index in [4.69, 9.17) is 23.2 Å². The topological polar surface area (TPSA) is 87.3 Å². The van der Waals surface area contributed by atoms with Gasteiger partial charge >= 0.3 is 12.2 Å². The van der Waals surface area contributed by atoms with Crippen molar-refractivity contribution in [3.63, 3.8) is 0 Å². The van der Waals surface area contributed by atoms with E-state index in [0.717, 1.165) is 12.1 Å². The van der Waals surface area contributed by atoms with Crippen LogP contribution in [-0.4, -0.2) is 14.4 Å². The second-order valence-electron chi connectivity index (χ2n) is 6.32. The molecule has 168 valence electrons. The van der Waals surface area contributed by atoms with Crippen LogP contribution in [0.15, 0.2) is 71.6 Å². The molecule has 3 rings (SSSR count). The molecule has 32 heavy (non-hydrogen) atoms.